The maximum Gasteiger partial charge on any atom is 0.244 e. The second-order valence-corrected chi connectivity index (χ2v) is 9.39. The van der Waals surface area contributed by atoms with Crippen molar-refractivity contribution in [1.82, 2.24) is 19.8 Å². The van der Waals surface area contributed by atoms with Crippen LogP contribution >= 0.6 is 12.2 Å². The predicted octanol–water partition coefficient (Wildman–Crippen LogP) is 5.64. The fourth-order valence-electron chi connectivity index (χ4n) is 4.97. The van der Waals surface area contributed by atoms with Gasteiger partial charge in [0.2, 0.25) is 5.91 Å². The van der Waals surface area contributed by atoms with E-state index >= 15 is 0 Å². The fourth-order valence-corrected chi connectivity index (χ4v) is 5.28. The number of hydrogen-bond acceptors (Lipinski definition) is 3. The number of benzene rings is 3. The number of amides is 1. The molecule has 2 atom stereocenters. The number of carbonyl (C=O) groups is 1. The number of aromatic nitrogens is 2. The highest BCUT2D eigenvalue weighted by Gasteiger charge is 2.42. The molecule has 0 bridgehead atoms. The van der Waals surface area contributed by atoms with Gasteiger partial charge in [0.1, 0.15) is 6.54 Å². The van der Waals surface area contributed by atoms with Gasteiger partial charge in [-0.3, -0.25) is 9.78 Å². The van der Waals surface area contributed by atoms with Crippen molar-refractivity contribution in [2.24, 2.45) is 0 Å². The lowest BCUT2D eigenvalue weighted by atomic mass is 10.0. The van der Waals surface area contributed by atoms with Crippen molar-refractivity contribution in [3.05, 3.63) is 127 Å². The maximum atomic E-state index is 13.1. The largest absolute Gasteiger partial charge is 0.352 e. The monoisotopic (exact) mass is 503 g/mol. The number of carbonyl (C=O) groups excluding carboxylic acids is 1. The van der Waals surface area contributed by atoms with Crippen LogP contribution in [0.5, 0.6) is 0 Å². The summed E-state index contributed by atoms with van der Waals surface area (Å²) in [5, 5.41) is 9.30. The molecule has 2 N–H and O–H groups in total. The molecule has 3 aromatic carbocycles. The molecular formula is C30H25N5OS. The Morgan fingerprint density at radius 1 is 0.892 bits per heavy atom. The molecule has 182 valence electrons. The molecular weight excluding hydrogens is 478 g/mol. The summed E-state index contributed by atoms with van der Waals surface area (Å²) in [6.07, 6.45) is 3.84. The minimum atomic E-state index is -0.245. The van der Waals surface area contributed by atoms with E-state index in [0.29, 0.717) is 5.11 Å². The SMILES string of the molecule is O=C(CN1C(=S)N[C@H](c2ccccn2)[C@H]1c1cccn1-c1ccc2ccccc2c1)Nc1ccccc1. The number of nitrogens with one attached hydrogen (secondary N) is 2. The van der Waals surface area contributed by atoms with Crippen LogP contribution in [0.15, 0.2) is 116 Å². The van der Waals surface area contributed by atoms with Gasteiger partial charge in [0.05, 0.1) is 17.8 Å². The van der Waals surface area contributed by atoms with Gasteiger partial charge >= 0.3 is 0 Å². The van der Waals surface area contributed by atoms with Gasteiger partial charge < -0.3 is 20.1 Å². The van der Waals surface area contributed by atoms with Crippen LogP contribution in [-0.4, -0.2) is 32.0 Å². The first-order valence-electron chi connectivity index (χ1n) is 12.2. The van der Waals surface area contributed by atoms with Crippen LogP contribution in [0.25, 0.3) is 16.5 Å². The zero-order chi connectivity index (χ0) is 25.2. The molecule has 0 radical (unpaired) electrons. The van der Waals surface area contributed by atoms with E-state index in [0.717, 1.165) is 22.8 Å². The molecule has 1 aliphatic heterocycles. The van der Waals surface area contributed by atoms with Crippen LogP contribution in [0.4, 0.5) is 5.69 Å². The summed E-state index contributed by atoms with van der Waals surface area (Å²) in [7, 11) is 0. The first-order valence-corrected chi connectivity index (χ1v) is 12.6. The van der Waals surface area contributed by atoms with Gasteiger partial charge in [-0.2, -0.15) is 0 Å². The van der Waals surface area contributed by atoms with Crippen LogP contribution in [0.3, 0.4) is 0 Å². The number of fused-ring (bicyclic) bond motifs is 1. The van der Waals surface area contributed by atoms with Gasteiger partial charge in [-0.25, -0.2) is 0 Å². The summed E-state index contributed by atoms with van der Waals surface area (Å²) in [5.41, 5.74) is 3.69. The first-order chi connectivity index (χ1) is 18.2. The number of anilines is 1. The summed E-state index contributed by atoms with van der Waals surface area (Å²) in [4.78, 5) is 19.7. The predicted molar refractivity (Wildman–Crippen MR) is 151 cm³/mol. The molecule has 0 saturated carbocycles. The van der Waals surface area contributed by atoms with Crippen molar-refractivity contribution in [2.75, 3.05) is 11.9 Å². The van der Waals surface area contributed by atoms with Crippen LogP contribution in [0, 0.1) is 0 Å². The normalized spacial score (nSPS) is 17.1. The number of para-hydroxylation sites is 1. The van der Waals surface area contributed by atoms with Gasteiger partial charge in [0.25, 0.3) is 0 Å². The number of hydrogen-bond donors (Lipinski definition) is 2. The Morgan fingerprint density at radius 3 is 2.49 bits per heavy atom. The molecule has 6 nitrogen and oxygen atoms in total. The molecule has 2 aromatic heterocycles. The number of rotatable bonds is 6. The lowest BCUT2D eigenvalue weighted by Gasteiger charge is -2.28. The summed E-state index contributed by atoms with van der Waals surface area (Å²) >= 11 is 5.77. The third-order valence-electron chi connectivity index (χ3n) is 6.66. The molecule has 7 heteroatoms. The third kappa shape index (κ3) is 4.57. The quantitative estimate of drug-likeness (QED) is 0.294. The summed E-state index contributed by atoms with van der Waals surface area (Å²) in [5.74, 6) is -0.133. The molecule has 6 rings (SSSR count). The van der Waals surface area contributed by atoms with E-state index in [1.165, 1.54) is 10.8 Å². The second kappa shape index (κ2) is 9.87. The first kappa shape index (κ1) is 22.9. The van der Waals surface area contributed by atoms with Crippen LogP contribution < -0.4 is 10.6 Å². The van der Waals surface area contributed by atoms with Crippen LogP contribution in [0.2, 0.25) is 0 Å². The van der Waals surface area contributed by atoms with E-state index in [-0.39, 0.29) is 24.5 Å². The standard InChI is InChI=1S/C30H25N5OS/c36-27(32-23-11-2-1-3-12-23)20-35-29(28(33-30(35)37)25-13-6-7-17-31-25)26-14-8-18-34(26)24-16-15-21-9-4-5-10-22(21)19-24/h1-19,28-29H,20H2,(H,32,36)(H,33,37)/t28-,29-/m1/s1. The van der Waals surface area contributed by atoms with Crippen molar-refractivity contribution in [1.29, 1.82) is 0 Å². The van der Waals surface area contributed by atoms with Gasteiger partial charge in [-0.05, 0) is 71.5 Å². The lowest BCUT2D eigenvalue weighted by Crippen LogP contribution is -2.37. The van der Waals surface area contributed by atoms with Gasteiger partial charge in [-0.1, -0.05) is 54.6 Å². The molecule has 1 amide bonds. The van der Waals surface area contributed by atoms with E-state index in [2.05, 4.69) is 62.8 Å². The van der Waals surface area contributed by atoms with E-state index in [9.17, 15) is 4.79 Å². The van der Waals surface area contributed by atoms with Crippen LogP contribution in [0.1, 0.15) is 23.5 Å². The zero-order valence-electron chi connectivity index (χ0n) is 20.0. The molecule has 5 aromatic rings. The van der Waals surface area contributed by atoms with Crippen molar-refractivity contribution in [2.45, 2.75) is 12.1 Å². The van der Waals surface area contributed by atoms with Crippen molar-refractivity contribution in [3.8, 4) is 5.69 Å². The van der Waals surface area contributed by atoms with Gasteiger partial charge in [0, 0.05) is 29.5 Å². The average Bonchev–Trinajstić information content (AvgIpc) is 3.54. The number of pyridine rings is 1. The van der Waals surface area contributed by atoms with Gasteiger partial charge in [-0.15, -0.1) is 0 Å². The molecule has 3 heterocycles. The van der Waals surface area contributed by atoms with E-state index in [1.54, 1.807) is 6.20 Å². The smallest absolute Gasteiger partial charge is 0.244 e. The molecule has 1 fully saturated rings. The maximum absolute atomic E-state index is 13.1. The van der Waals surface area contributed by atoms with Gasteiger partial charge in [0.15, 0.2) is 5.11 Å². The molecule has 1 saturated heterocycles. The van der Waals surface area contributed by atoms with Crippen LogP contribution in [-0.2, 0) is 4.79 Å². The molecule has 0 aliphatic carbocycles. The summed E-state index contributed by atoms with van der Waals surface area (Å²) < 4.78 is 2.17. The topological polar surface area (TPSA) is 62.2 Å². The third-order valence-corrected chi connectivity index (χ3v) is 7.02. The molecule has 0 spiro atoms. The Hall–Kier alpha value is -4.49. The Morgan fingerprint density at radius 2 is 1.68 bits per heavy atom. The fraction of sp³-hybridized carbons (Fsp3) is 0.100. The minimum Gasteiger partial charge on any atom is -0.352 e. The Balaban J connectivity index is 1.39. The Labute approximate surface area is 220 Å². The highest BCUT2D eigenvalue weighted by atomic mass is 32.1. The lowest BCUT2D eigenvalue weighted by molar-refractivity contribution is -0.116. The highest BCUT2D eigenvalue weighted by Crippen LogP contribution is 2.39. The molecule has 1 aliphatic rings. The summed E-state index contributed by atoms with van der Waals surface area (Å²) in [6.45, 7) is 0.109. The number of nitrogens with zero attached hydrogens (tertiary/aromatic N) is 3. The molecule has 0 unspecified atom stereocenters. The minimum absolute atomic E-state index is 0.109. The van der Waals surface area contributed by atoms with Crippen molar-refractivity contribution >= 4 is 39.7 Å². The zero-order valence-corrected chi connectivity index (χ0v) is 20.8. The average molecular weight is 504 g/mol. The number of thiocarbonyl (C=S) groups is 1. The van der Waals surface area contributed by atoms with Crippen molar-refractivity contribution < 1.29 is 4.79 Å². The van der Waals surface area contributed by atoms with E-state index in [4.69, 9.17) is 12.2 Å². The second-order valence-electron chi connectivity index (χ2n) is 9.00. The Bertz CT molecular complexity index is 1570. The summed E-state index contributed by atoms with van der Waals surface area (Å²) in [6, 6.07) is 33.7. The Kier molecular flexibility index (Phi) is 6.12. The van der Waals surface area contributed by atoms with Crippen molar-refractivity contribution in [3.63, 3.8) is 0 Å². The van der Waals surface area contributed by atoms with E-state index < -0.39 is 0 Å². The molecule has 37 heavy (non-hydrogen) atoms. The highest BCUT2D eigenvalue weighted by molar-refractivity contribution is 7.80. The van der Waals surface area contributed by atoms with E-state index in [1.807, 2.05) is 71.6 Å².